The standard InChI is InChI=1S/C46H31NO/c1-4-15-32(16-5-1)34-20-12-21-35(29-34)36-22-13-25-39(30-36)47(38-23-8-3-9-24-38)43-28-14-27-41-44-40-26-11-10-19-37(40)31-42(46(44)48-45(41)43)33-17-6-2-7-18-33/h1-31H. The van der Waals surface area contributed by atoms with E-state index in [9.17, 15) is 0 Å². The fourth-order valence-corrected chi connectivity index (χ4v) is 6.98. The molecule has 0 fully saturated rings. The highest BCUT2D eigenvalue weighted by atomic mass is 16.3. The van der Waals surface area contributed by atoms with Gasteiger partial charge >= 0.3 is 0 Å². The summed E-state index contributed by atoms with van der Waals surface area (Å²) in [6, 6.07) is 66.7. The topological polar surface area (TPSA) is 16.4 Å². The molecule has 0 aliphatic heterocycles. The Bertz CT molecular complexity index is 2550. The second-order valence-corrected chi connectivity index (χ2v) is 12.1. The molecule has 1 heterocycles. The molecule has 9 aromatic rings. The molecule has 0 spiro atoms. The first kappa shape index (κ1) is 27.9. The first-order valence-corrected chi connectivity index (χ1v) is 16.4. The molecule has 0 unspecified atom stereocenters. The van der Waals surface area contributed by atoms with Crippen LogP contribution in [0.2, 0.25) is 0 Å². The Balaban J connectivity index is 1.27. The quantitative estimate of drug-likeness (QED) is 0.185. The third-order valence-corrected chi connectivity index (χ3v) is 9.22. The Morgan fingerprint density at radius 1 is 0.354 bits per heavy atom. The summed E-state index contributed by atoms with van der Waals surface area (Å²) in [6.07, 6.45) is 0. The van der Waals surface area contributed by atoms with E-state index >= 15 is 0 Å². The summed E-state index contributed by atoms with van der Waals surface area (Å²) in [7, 11) is 0. The van der Waals surface area contributed by atoms with Gasteiger partial charge in [-0.15, -0.1) is 0 Å². The van der Waals surface area contributed by atoms with E-state index in [-0.39, 0.29) is 0 Å². The number of hydrogen-bond donors (Lipinski definition) is 0. The van der Waals surface area contributed by atoms with Gasteiger partial charge in [0.25, 0.3) is 0 Å². The van der Waals surface area contributed by atoms with Gasteiger partial charge in [-0.3, -0.25) is 0 Å². The van der Waals surface area contributed by atoms with E-state index in [1.54, 1.807) is 0 Å². The molecule has 0 saturated carbocycles. The minimum atomic E-state index is 0.862. The number of para-hydroxylation sites is 2. The predicted molar refractivity (Wildman–Crippen MR) is 202 cm³/mol. The SMILES string of the molecule is c1ccc(-c2cccc(-c3cccc(N(c4ccccc4)c4cccc5c4oc4c(-c6ccccc6)cc6ccccc6c45)c3)c2)cc1. The predicted octanol–water partition coefficient (Wildman–Crippen LogP) is 13.2. The van der Waals surface area contributed by atoms with Gasteiger partial charge in [-0.2, -0.15) is 0 Å². The third-order valence-electron chi connectivity index (χ3n) is 9.22. The van der Waals surface area contributed by atoms with E-state index in [2.05, 4.69) is 193 Å². The molecule has 0 amide bonds. The molecule has 226 valence electrons. The highest BCUT2D eigenvalue weighted by Gasteiger charge is 2.22. The molecule has 0 atom stereocenters. The van der Waals surface area contributed by atoms with Crippen LogP contribution in [0.5, 0.6) is 0 Å². The van der Waals surface area contributed by atoms with Gasteiger partial charge in [0.05, 0.1) is 5.69 Å². The van der Waals surface area contributed by atoms with E-state index in [0.29, 0.717) is 0 Å². The number of furan rings is 1. The summed E-state index contributed by atoms with van der Waals surface area (Å²) >= 11 is 0. The lowest BCUT2D eigenvalue weighted by atomic mass is 9.96. The largest absolute Gasteiger partial charge is 0.453 e. The summed E-state index contributed by atoms with van der Waals surface area (Å²) in [5.74, 6) is 0. The number of anilines is 3. The van der Waals surface area contributed by atoms with E-state index in [0.717, 1.165) is 55.7 Å². The van der Waals surface area contributed by atoms with Gasteiger partial charge in [0.15, 0.2) is 5.58 Å². The molecular formula is C46H31NO. The highest BCUT2D eigenvalue weighted by Crippen LogP contribution is 2.46. The van der Waals surface area contributed by atoms with Gasteiger partial charge in [0.2, 0.25) is 0 Å². The molecule has 0 radical (unpaired) electrons. The van der Waals surface area contributed by atoms with Crippen molar-refractivity contribution in [3.63, 3.8) is 0 Å². The zero-order chi connectivity index (χ0) is 31.9. The molecule has 0 aliphatic carbocycles. The van der Waals surface area contributed by atoms with Crippen molar-refractivity contribution >= 4 is 49.8 Å². The zero-order valence-electron chi connectivity index (χ0n) is 26.3. The molecule has 2 nitrogen and oxygen atoms in total. The summed E-state index contributed by atoms with van der Waals surface area (Å²) < 4.78 is 7.04. The normalized spacial score (nSPS) is 11.3. The van der Waals surface area contributed by atoms with Crippen LogP contribution in [0.3, 0.4) is 0 Å². The van der Waals surface area contributed by atoms with Crippen molar-refractivity contribution in [3.8, 4) is 33.4 Å². The van der Waals surface area contributed by atoms with Crippen LogP contribution in [0.15, 0.2) is 192 Å². The van der Waals surface area contributed by atoms with Crippen LogP contribution in [0.4, 0.5) is 17.1 Å². The van der Waals surface area contributed by atoms with E-state index in [1.807, 2.05) is 0 Å². The summed E-state index contributed by atoms with van der Waals surface area (Å²) in [6.45, 7) is 0. The van der Waals surface area contributed by atoms with Crippen LogP contribution >= 0.6 is 0 Å². The summed E-state index contributed by atoms with van der Waals surface area (Å²) in [5, 5.41) is 4.63. The lowest BCUT2D eigenvalue weighted by Crippen LogP contribution is -2.10. The molecule has 48 heavy (non-hydrogen) atoms. The Labute approximate surface area is 279 Å². The molecule has 0 bridgehead atoms. The van der Waals surface area contributed by atoms with Gasteiger partial charge in [-0.25, -0.2) is 0 Å². The Kier molecular flexibility index (Phi) is 6.84. The van der Waals surface area contributed by atoms with Crippen LogP contribution in [-0.4, -0.2) is 0 Å². The van der Waals surface area contributed by atoms with Gasteiger partial charge in [-0.05, 0) is 81.1 Å². The van der Waals surface area contributed by atoms with Crippen LogP contribution < -0.4 is 4.90 Å². The minimum absolute atomic E-state index is 0.862. The van der Waals surface area contributed by atoms with Crippen molar-refractivity contribution in [3.05, 3.63) is 188 Å². The number of rotatable bonds is 6. The van der Waals surface area contributed by atoms with E-state index in [1.165, 1.54) is 27.5 Å². The smallest absolute Gasteiger partial charge is 0.159 e. The van der Waals surface area contributed by atoms with E-state index < -0.39 is 0 Å². The molecule has 8 aromatic carbocycles. The van der Waals surface area contributed by atoms with Crippen molar-refractivity contribution in [2.24, 2.45) is 0 Å². The van der Waals surface area contributed by atoms with Crippen molar-refractivity contribution in [2.75, 3.05) is 4.90 Å². The maximum absolute atomic E-state index is 7.04. The first-order chi connectivity index (χ1) is 23.8. The van der Waals surface area contributed by atoms with Gasteiger partial charge < -0.3 is 9.32 Å². The van der Waals surface area contributed by atoms with Crippen molar-refractivity contribution in [1.29, 1.82) is 0 Å². The average Bonchev–Trinajstić information content (AvgIpc) is 3.57. The van der Waals surface area contributed by atoms with E-state index in [4.69, 9.17) is 4.42 Å². The lowest BCUT2D eigenvalue weighted by Gasteiger charge is -2.26. The first-order valence-electron chi connectivity index (χ1n) is 16.4. The van der Waals surface area contributed by atoms with Crippen LogP contribution in [0.1, 0.15) is 0 Å². The fraction of sp³-hybridized carbons (Fsp3) is 0. The molecule has 2 heteroatoms. The molecule has 0 saturated heterocycles. The van der Waals surface area contributed by atoms with Crippen molar-refractivity contribution in [1.82, 2.24) is 0 Å². The molecule has 0 aliphatic rings. The fourth-order valence-electron chi connectivity index (χ4n) is 6.98. The van der Waals surface area contributed by atoms with Gasteiger partial charge in [0, 0.05) is 27.7 Å². The maximum atomic E-state index is 7.04. The second-order valence-electron chi connectivity index (χ2n) is 12.1. The van der Waals surface area contributed by atoms with Crippen LogP contribution in [-0.2, 0) is 0 Å². The highest BCUT2D eigenvalue weighted by molar-refractivity contribution is 6.24. The number of nitrogens with zero attached hydrogens (tertiary/aromatic N) is 1. The molecule has 0 N–H and O–H groups in total. The number of hydrogen-bond acceptors (Lipinski definition) is 2. The maximum Gasteiger partial charge on any atom is 0.159 e. The Hall–Kier alpha value is -6.38. The second kappa shape index (κ2) is 11.8. The number of fused-ring (bicyclic) bond motifs is 5. The summed E-state index contributed by atoms with van der Waals surface area (Å²) in [4.78, 5) is 2.32. The molecule has 1 aromatic heterocycles. The number of benzene rings is 8. The Morgan fingerprint density at radius 3 is 1.67 bits per heavy atom. The van der Waals surface area contributed by atoms with Crippen molar-refractivity contribution in [2.45, 2.75) is 0 Å². The van der Waals surface area contributed by atoms with Crippen LogP contribution in [0.25, 0.3) is 66.1 Å². The van der Waals surface area contributed by atoms with Crippen molar-refractivity contribution < 1.29 is 4.42 Å². The monoisotopic (exact) mass is 613 g/mol. The lowest BCUT2D eigenvalue weighted by molar-refractivity contribution is 0.670. The minimum Gasteiger partial charge on any atom is -0.453 e. The molecular weight excluding hydrogens is 583 g/mol. The molecule has 9 rings (SSSR count). The van der Waals surface area contributed by atoms with Crippen LogP contribution in [0, 0.1) is 0 Å². The zero-order valence-corrected chi connectivity index (χ0v) is 26.3. The third kappa shape index (κ3) is 4.83. The summed E-state index contributed by atoms with van der Waals surface area (Å²) in [5.41, 5.74) is 11.9. The Morgan fingerprint density at radius 2 is 0.896 bits per heavy atom. The van der Waals surface area contributed by atoms with Gasteiger partial charge in [-0.1, -0.05) is 146 Å². The van der Waals surface area contributed by atoms with Gasteiger partial charge in [0.1, 0.15) is 5.58 Å². The average molecular weight is 614 g/mol.